The molecule has 2 aromatic rings. The van der Waals surface area contributed by atoms with E-state index in [9.17, 15) is 0 Å². The highest BCUT2D eigenvalue weighted by molar-refractivity contribution is 5.74. The molecule has 88 valence electrons. The second kappa shape index (κ2) is 4.69. The molecular formula is C12H13N3O2. The molecule has 0 unspecified atom stereocenters. The maximum atomic E-state index is 5.58. The van der Waals surface area contributed by atoms with E-state index in [1.807, 2.05) is 18.2 Å². The Hall–Kier alpha value is -2.30. The Morgan fingerprint density at radius 3 is 2.24 bits per heavy atom. The van der Waals surface area contributed by atoms with E-state index in [1.54, 1.807) is 26.5 Å². The van der Waals surface area contributed by atoms with Crippen LogP contribution in [-0.2, 0) is 0 Å². The molecule has 2 N–H and O–H groups in total. The van der Waals surface area contributed by atoms with E-state index < -0.39 is 0 Å². The van der Waals surface area contributed by atoms with Crippen LogP contribution < -0.4 is 15.2 Å². The summed E-state index contributed by atoms with van der Waals surface area (Å²) in [6, 6.07) is 7.30. The molecule has 0 aliphatic carbocycles. The second-order valence-electron chi connectivity index (χ2n) is 3.34. The third kappa shape index (κ3) is 2.13. The number of hydrogen-bond donors (Lipinski definition) is 1. The number of ether oxygens (including phenoxy) is 2. The molecule has 2 rings (SSSR count). The van der Waals surface area contributed by atoms with Crippen LogP contribution >= 0.6 is 0 Å². The fourth-order valence-electron chi connectivity index (χ4n) is 1.62. The van der Waals surface area contributed by atoms with Gasteiger partial charge < -0.3 is 15.2 Å². The van der Waals surface area contributed by atoms with Gasteiger partial charge in [0.2, 0.25) is 5.95 Å². The van der Waals surface area contributed by atoms with E-state index in [0.29, 0.717) is 17.2 Å². The van der Waals surface area contributed by atoms with E-state index in [4.69, 9.17) is 15.2 Å². The highest BCUT2D eigenvalue weighted by Crippen LogP contribution is 2.36. The van der Waals surface area contributed by atoms with Gasteiger partial charge in [-0.25, -0.2) is 9.97 Å². The van der Waals surface area contributed by atoms with Gasteiger partial charge in [0, 0.05) is 6.20 Å². The van der Waals surface area contributed by atoms with Crippen molar-refractivity contribution in [1.82, 2.24) is 9.97 Å². The van der Waals surface area contributed by atoms with Gasteiger partial charge in [0.25, 0.3) is 0 Å². The predicted molar refractivity (Wildman–Crippen MR) is 65.0 cm³/mol. The van der Waals surface area contributed by atoms with Crippen molar-refractivity contribution in [3.8, 4) is 22.8 Å². The smallest absolute Gasteiger partial charge is 0.220 e. The highest BCUT2D eigenvalue weighted by atomic mass is 16.5. The molecule has 0 saturated carbocycles. The first kappa shape index (κ1) is 11.2. The molecular weight excluding hydrogens is 218 g/mol. The summed E-state index contributed by atoms with van der Waals surface area (Å²) in [4.78, 5) is 8.03. The summed E-state index contributed by atoms with van der Waals surface area (Å²) in [6.07, 6.45) is 1.60. The Labute approximate surface area is 99.2 Å². The number of nitrogens with two attached hydrogens (primary N) is 1. The Bertz CT molecular complexity index is 507. The number of rotatable bonds is 3. The molecule has 0 saturated heterocycles. The fraction of sp³-hybridized carbons (Fsp3) is 0.167. The first-order valence-corrected chi connectivity index (χ1v) is 5.06. The molecule has 17 heavy (non-hydrogen) atoms. The quantitative estimate of drug-likeness (QED) is 0.871. The minimum Gasteiger partial charge on any atom is -0.496 e. The number of anilines is 1. The van der Waals surface area contributed by atoms with E-state index in [-0.39, 0.29) is 5.95 Å². The maximum Gasteiger partial charge on any atom is 0.220 e. The lowest BCUT2D eigenvalue weighted by Gasteiger charge is -2.12. The van der Waals surface area contributed by atoms with E-state index >= 15 is 0 Å². The van der Waals surface area contributed by atoms with Gasteiger partial charge in [0.15, 0.2) is 0 Å². The van der Waals surface area contributed by atoms with E-state index in [1.165, 1.54) is 0 Å². The SMILES string of the molecule is COc1cccc(OC)c1-c1ccnc(N)n1. The number of nitrogens with zero attached hydrogens (tertiary/aromatic N) is 2. The van der Waals surface area contributed by atoms with Gasteiger partial charge in [-0.3, -0.25) is 0 Å². The van der Waals surface area contributed by atoms with Crippen LogP contribution in [-0.4, -0.2) is 24.2 Å². The van der Waals surface area contributed by atoms with Gasteiger partial charge in [-0.2, -0.15) is 0 Å². The van der Waals surface area contributed by atoms with Crippen LogP contribution in [0.5, 0.6) is 11.5 Å². The van der Waals surface area contributed by atoms with Crippen LogP contribution in [0.25, 0.3) is 11.3 Å². The zero-order valence-electron chi connectivity index (χ0n) is 9.68. The Balaban J connectivity index is 2.64. The van der Waals surface area contributed by atoms with Gasteiger partial charge in [0.05, 0.1) is 25.5 Å². The van der Waals surface area contributed by atoms with Crippen molar-refractivity contribution < 1.29 is 9.47 Å². The average molecular weight is 231 g/mol. The molecule has 0 radical (unpaired) electrons. The van der Waals surface area contributed by atoms with Crippen molar-refractivity contribution in [2.24, 2.45) is 0 Å². The molecule has 0 aliphatic heterocycles. The number of aromatic nitrogens is 2. The Morgan fingerprint density at radius 2 is 1.71 bits per heavy atom. The molecule has 1 heterocycles. The van der Waals surface area contributed by atoms with Crippen LogP contribution in [0.4, 0.5) is 5.95 Å². The number of nitrogen functional groups attached to an aromatic ring is 1. The first-order chi connectivity index (χ1) is 8.26. The maximum absolute atomic E-state index is 5.58. The summed E-state index contributed by atoms with van der Waals surface area (Å²) in [6.45, 7) is 0. The summed E-state index contributed by atoms with van der Waals surface area (Å²) < 4.78 is 10.6. The highest BCUT2D eigenvalue weighted by Gasteiger charge is 2.13. The minimum atomic E-state index is 0.218. The van der Waals surface area contributed by atoms with Crippen molar-refractivity contribution in [3.05, 3.63) is 30.5 Å². The largest absolute Gasteiger partial charge is 0.496 e. The standard InChI is InChI=1S/C12H13N3O2/c1-16-9-4-3-5-10(17-2)11(9)8-6-7-14-12(13)15-8/h3-7H,1-2H3,(H2,13,14,15). The Morgan fingerprint density at radius 1 is 1.06 bits per heavy atom. The molecule has 0 bridgehead atoms. The van der Waals surface area contributed by atoms with Crippen LogP contribution in [0.15, 0.2) is 30.5 Å². The van der Waals surface area contributed by atoms with E-state index in [0.717, 1.165) is 5.56 Å². The molecule has 5 heteroatoms. The lowest BCUT2D eigenvalue weighted by atomic mass is 10.1. The van der Waals surface area contributed by atoms with Crippen molar-refractivity contribution in [3.63, 3.8) is 0 Å². The summed E-state index contributed by atoms with van der Waals surface area (Å²) in [7, 11) is 3.20. The zero-order valence-corrected chi connectivity index (χ0v) is 9.68. The number of benzene rings is 1. The predicted octanol–water partition coefficient (Wildman–Crippen LogP) is 1.74. The van der Waals surface area contributed by atoms with Gasteiger partial charge in [-0.1, -0.05) is 6.07 Å². The van der Waals surface area contributed by atoms with Crippen molar-refractivity contribution in [2.75, 3.05) is 20.0 Å². The topological polar surface area (TPSA) is 70.3 Å². The van der Waals surface area contributed by atoms with Gasteiger partial charge in [-0.05, 0) is 18.2 Å². The monoisotopic (exact) mass is 231 g/mol. The average Bonchev–Trinajstić information content (AvgIpc) is 2.37. The number of hydrogen-bond acceptors (Lipinski definition) is 5. The second-order valence-corrected chi connectivity index (χ2v) is 3.34. The normalized spacial score (nSPS) is 10.0. The number of methoxy groups -OCH3 is 2. The van der Waals surface area contributed by atoms with Crippen LogP contribution in [0.2, 0.25) is 0 Å². The third-order valence-electron chi connectivity index (χ3n) is 2.36. The summed E-state index contributed by atoms with van der Waals surface area (Å²) in [5.41, 5.74) is 7.02. The fourth-order valence-corrected chi connectivity index (χ4v) is 1.62. The molecule has 0 spiro atoms. The third-order valence-corrected chi connectivity index (χ3v) is 2.36. The molecule has 0 amide bonds. The molecule has 5 nitrogen and oxygen atoms in total. The van der Waals surface area contributed by atoms with Crippen molar-refractivity contribution in [2.45, 2.75) is 0 Å². The summed E-state index contributed by atoms with van der Waals surface area (Å²) in [5, 5.41) is 0. The molecule has 0 atom stereocenters. The molecule has 0 aliphatic rings. The van der Waals surface area contributed by atoms with Gasteiger partial charge >= 0.3 is 0 Å². The minimum absolute atomic E-state index is 0.218. The lowest BCUT2D eigenvalue weighted by molar-refractivity contribution is 0.397. The van der Waals surface area contributed by atoms with Crippen LogP contribution in [0, 0.1) is 0 Å². The zero-order chi connectivity index (χ0) is 12.3. The molecule has 1 aromatic carbocycles. The first-order valence-electron chi connectivity index (χ1n) is 5.06. The lowest BCUT2D eigenvalue weighted by Crippen LogP contribution is -1.98. The molecule has 1 aromatic heterocycles. The van der Waals surface area contributed by atoms with Crippen LogP contribution in [0.3, 0.4) is 0 Å². The van der Waals surface area contributed by atoms with Crippen molar-refractivity contribution in [1.29, 1.82) is 0 Å². The Kier molecular flexibility index (Phi) is 3.09. The van der Waals surface area contributed by atoms with E-state index in [2.05, 4.69) is 9.97 Å². The van der Waals surface area contributed by atoms with Crippen LogP contribution in [0.1, 0.15) is 0 Å². The van der Waals surface area contributed by atoms with Gasteiger partial charge in [0.1, 0.15) is 11.5 Å². The van der Waals surface area contributed by atoms with Gasteiger partial charge in [-0.15, -0.1) is 0 Å². The summed E-state index contributed by atoms with van der Waals surface area (Å²) in [5.74, 6) is 1.58. The van der Waals surface area contributed by atoms with Crippen molar-refractivity contribution >= 4 is 5.95 Å². The molecule has 0 fully saturated rings. The summed E-state index contributed by atoms with van der Waals surface area (Å²) >= 11 is 0.